The smallest absolute Gasteiger partial charge is 0.192 e. The van der Waals surface area contributed by atoms with Crippen molar-refractivity contribution in [1.29, 1.82) is 0 Å². The van der Waals surface area contributed by atoms with Crippen molar-refractivity contribution in [3.8, 4) is 0 Å². The summed E-state index contributed by atoms with van der Waals surface area (Å²) in [7, 11) is 0. The maximum Gasteiger partial charge on any atom is 0.192 e. The molecule has 0 bridgehead atoms. The fourth-order valence-corrected chi connectivity index (χ4v) is 1.45. The Morgan fingerprint density at radius 2 is 1.92 bits per heavy atom. The van der Waals surface area contributed by atoms with Gasteiger partial charge in [-0.2, -0.15) is 0 Å². The Bertz CT molecular complexity index is 295. The van der Waals surface area contributed by atoms with E-state index in [4.69, 9.17) is 0 Å². The largest absolute Gasteiger partial charge is 0.362 e. The second-order valence-corrected chi connectivity index (χ2v) is 4.31. The molecule has 0 aliphatic rings. The van der Waals surface area contributed by atoms with Gasteiger partial charge < -0.3 is 10.2 Å². The first kappa shape index (κ1) is 10.7. The van der Waals surface area contributed by atoms with E-state index in [1.807, 2.05) is 6.07 Å². The molecule has 0 amide bonds. The highest BCUT2D eigenvalue weighted by Gasteiger charge is 2.29. The van der Waals surface area contributed by atoms with Crippen LogP contribution in [0.25, 0.3) is 0 Å². The van der Waals surface area contributed by atoms with E-state index in [0.717, 1.165) is 4.47 Å². The molecule has 0 heterocycles. The summed E-state index contributed by atoms with van der Waals surface area (Å²) in [6.07, 6.45) is 0. The summed E-state index contributed by atoms with van der Waals surface area (Å²) < 4.78 is 0.845. The Hall–Kier alpha value is -0.380. The van der Waals surface area contributed by atoms with Crippen LogP contribution >= 0.6 is 15.9 Å². The summed E-state index contributed by atoms with van der Waals surface area (Å²) in [5, 5.41) is 19.4. The van der Waals surface area contributed by atoms with Crippen LogP contribution in [0.2, 0.25) is 0 Å². The van der Waals surface area contributed by atoms with Crippen LogP contribution in [0.4, 0.5) is 0 Å². The van der Waals surface area contributed by atoms with E-state index in [0.29, 0.717) is 5.56 Å². The summed E-state index contributed by atoms with van der Waals surface area (Å²) >= 11 is 3.28. The quantitative estimate of drug-likeness (QED) is 0.784. The van der Waals surface area contributed by atoms with Crippen molar-refractivity contribution in [3.63, 3.8) is 0 Å². The van der Waals surface area contributed by atoms with E-state index >= 15 is 0 Å². The van der Waals surface area contributed by atoms with Crippen molar-refractivity contribution >= 4 is 15.9 Å². The summed E-state index contributed by atoms with van der Waals surface area (Å²) in [4.78, 5) is 0. The first-order valence-electron chi connectivity index (χ1n) is 4.15. The Morgan fingerprint density at radius 3 is 2.38 bits per heavy atom. The van der Waals surface area contributed by atoms with Gasteiger partial charge in [0.1, 0.15) is 0 Å². The molecule has 1 rings (SSSR count). The van der Waals surface area contributed by atoms with E-state index in [9.17, 15) is 10.2 Å². The molecule has 3 heteroatoms. The fourth-order valence-electron chi connectivity index (χ4n) is 1.05. The lowest BCUT2D eigenvalue weighted by Crippen LogP contribution is -2.31. The van der Waals surface area contributed by atoms with Crippen LogP contribution in [0, 0.1) is 5.92 Å². The molecule has 0 saturated carbocycles. The lowest BCUT2D eigenvalue weighted by atomic mass is 9.95. The van der Waals surface area contributed by atoms with Crippen LogP contribution in [0.3, 0.4) is 0 Å². The molecule has 1 aromatic carbocycles. The van der Waals surface area contributed by atoms with Gasteiger partial charge in [0.15, 0.2) is 5.79 Å². The molecule has 0 radical (unpaired) electrons. The Morgan fingerprint density at radius 1 is 1.31 bits per heavy atom. The zero-order chi connectivity index (χ0) is 10.1. The molecule has 0 aromatic heterocycles. The minimum atomic E-state index is -1.75. The van der Waals surface area contributed by atoms with E-state index in [1.54, 1.807) is 32.0 Å². The molecule has 0 saturated heterocycles. The van der Waals surface area contributed by atoms with Gasteiger partial charge in [-0.05, 0) is 12.1 Å². The van der Waals surface area contributed by atoms with Crippen molar-refractivity contribution in [2.45, 2.75) is 19.6 Å². The van der Waals surface area contributed by atoms with Gasteiger partial charge in [-0.15, -0.1) is 0 Å². The molecule has 0 aliphatic carbocycles. The van der Waals surface area contributed by atoms with Gasteiger partial charge in [-0.25, -0.2) is 0 Å². The molecule has 72 valence electrons. The van der Waals surface area contributed by atoms with Gasteiger partial charge in [0.2, 0.25) is 0 Å². The number of halogens is 1. The third-order valence-electron chi connectivity index (χ3n) is 2.05. The molecule has 2 N–H and O–H groups in total. The van der Waals surface area contributed by atoms with Crippen LogP contribution in [0.1, 0.15) is 19.4 Å². The van der Waals surface area contributed by atoms with Gasteiger partial charge in [0.25, 0.3) is 0 Å². The number of hydrogen-bond donors (Lipinski definition) is 2. The average molecular weight is 245 g/mol. The highest BCUT2D eigenvalue weighted by atomic mass is 79.9. The Balaban J connectivity index is 3.07. The molecule has 0 atom stereocenters. The first-order chi connectivity index (χ1) is 5.94. The highest BCUT2D eigenvalue weighted by Crippen LogP contribution is 2.27. The predicted octanol–water partition coefficient (Wildman–Crippen LogP) is 2.24. The second-order valence-electron chi connectivity index (χ2n) is 3.39. The number of rotatable bonds is 2. The van der Waals surface area contributed by atoms with E-state index < -0.39 is 5.79 Å². The predicted molar refractivity (Wildman–Crippen MR) is 55.1 cm³/mol. The lowest BCUT2D eigenvalue weighted by molar-refractivity contribution is -0.201. The number of benzene rings is 1. The van der Waals surface area contributed by atoms with Crippen molar-refractivity contribution in [2.75, 3.05) is 0 Å². The molecular weight excluding hydrogens is 232 g/mol. The van der Waals surface area contributed by atoms with Gasteiger partial charge in [0.05, 0.1) is 0 Å². The third kappa shape index (κ3) is 2.30. The molecule has 0 fully saturated rings. The van der Waals surface area contributed by atoms with E-state index in [1.165, 1.54) is 0 Å². The zero-order valence-corrected chi connectivity index (χ0v) is 9.25. The molecule has 0 spiro atoms. The second kappa shape index (κ2) is 3.78. The van der Waals surface area contributed by atoms with Crippen LogP contribution in [0.15, 0.2) is 28.7 Å². The molecule has 0 aliphatic heterocycles. The monoisotopic (exact) mass is 244 g/mol. The van der Waals surface area contributed by atoms with Crippen molar-refractivity contribution in [2.24, 2.45) is 5.92 Å². The highest BCUT2D eigenvalue weighted by molar-refractivity contribution is 9.10. The molecule has 2 nitrogen and oxygen atoms in total. The van der Waals surface area contributed by atoms with E-state index in [-0.39, 0.29) is 5.92 Å². The van der Waals surface area contributed by atoms with Crippen LogP contribution < -0.4 is 0 Å². The summed E-state index contributed by atoms with van der Waals surface area (Å²) in [5.74, 6) is -1.98. The minimum absolute atomic E-state index is 0.234. The Kier molecular flexibility index (Phi) is 3.11. The van der Waals surface area contributed by atoms with Gasteiger partial charge in [-0.3, -0.25) is 0 Å². The normalized spacial score (nSPS) is 12.2. The molecule has 0 unspecified atom stereocenters. The third-order valence-corrected chi connectivity index (χ3v) is 2.55. The maximum atomic E-state index is 9.72. The maximum absolute atomic E-state index is 9.72. The average Bonchev–Trinajstić information content (AvgIpc) is 2.04. The van der Waals surface area contributed by atoms with Gasteiger partial charge in [-0.1, -0.05) is 41.9 Å². The van der Waals surface area contributed by atoms with Crippen molar-refractivity contribution in [1.82, 2.24) is 0 Å². The summed E-state index contributed by atoms with van der Waals surface area (Å²) in [6.45, 7) is 3.53. The standard InChI is InChI=1S/C10H13BrO2/c1-7(2)10(12,13)8-4-3-5-9(11)6-8/h3-7,12-13H,1-2H3. The van der Waals surface area contributed by atoms with Crippen molar-refractivity contribution < 1.29 is 10.2 Å². The topological polar surface area (TPSA) is 40.5 Å². The number of aliphatic hydroxyl groups is 2. The van der Waals surface area contributed by atoms with Crippen molar-refractivity contribution in [3.05, 3.63) is 34.3 Å². The number of hydrogen-bond acceptors (Lipinski definition) is 2. The lowest BCUT2D eigenvalue weighted by Gasteiger charge is -2.26. The fraction of sp³-hybridized carbons (Fsp3) is 0.400. The summed E-state index contributed by atoms with van der Waals surface area (Å²) in [5.41, 5.74) is 0.511. The SMILES string of the molecule is CC(C)C(O)(O)c1cccc(Br)c1. The van der Waals surface area contributed by atoms with Crippen LogP contribution in [0.5, 0.6) is 0 Å². The summed E-state index contributed by atoms with van der Waals surface area (Å²) in [6, 6.07) is 7.04. The molecular formula is C10H13BrO2. The Labute approximate surface area is 86.3 Å². The van der Waals surface area contributed by atoms with E-state index in [2.05, 4.69) is 15.9 Å². The van der Waals surface area contributed by atoms with Gasteiger partial charge >= 0.3 is 0 Å². The minimum Gasteiger partial charge on any atom is -0.362 e. The van der Waals surface area contributed by atoms with Gasteiger partial charge in [0, 0.05) is 16.0 Å². The molecule has 13 heavy (non-hydrogen) atoms. The zero-order valence-electron chi connectivity index (χ0n) is 7.66. The van der Waals surface area contributed by atoms with Crippen LogP contribution in [-0.4, -0.2) is 10.2 Å². The van der Waals surface area contributed by atoms with Crippen LogP contribution in [-0.2, 0) is 5.79 Å². The first-order valence-corrected chi connectivity index (χ1v) is 4.94. The molecule has 1 aromatic rings.